The minimum Gasteiger partial charge on any atom is -0.317 e. The lowest BCUT2D eigenvalue weighted by Gasteiger charge is -2.21. The molecule has 0 aliphatic heterocycles. The minimum atomic E-state index is -0.717. The molecule has 0 bridgehead atoms. The molecule has 0 saturated heterocycles. The number of rotatable bonds is 3. The van der Waals surface area contributed by atoms with Crippen LogP contribution in [-0.4, -0.2) is 16.4 Å². The zero-order chi connectivity index (χ0) is 15.7. The van der Waals surface area contributed by atoms with Crippen molar-refractivity contribution in [1.82, 2.24) is 4.98 Å². The molecule has 4 nitrogen and oxygen atoms in total. The van der Waals surface area contributed by atoms with Crippen LogP contribution in [0, 0.1) is 13.8 Å². The Kier molecular flexibility index (Phi) is 4.02. The number of thiazole rings is 1. The van der Waals surface area contributed by atoms with Gasteiger partial charge in [-0.15, -0.1) is 11.3 Å². The fraction of sp³-hybridized carbons (Fsp3) is 0.412. The number of aryl methyl sites for hydroxylation is 2. The third kappa shape index (κ3) is 2.91. The molecule has 1 aromatic carbocycles. The van der Waals surface area contributed by atoms with E-state index < -0.39 is 5.54 Å². The highest BCUT2D eigenvalue weighted by molar-refractivity contribution is 7.14. The highest BCUT2D eigenvalue weighted by Gasteiger charge is 2.37. The second-order valence-corrected chi connectivity index (χ2v) is 7.03. The van der Waals surface area contributed by atoms with Gasteiger partial charge in [-0.25, -0.2) is 4.98 Å². The normalized spacial score (nSPS) is 16.7. The van der Waals surface area contributed by atoms with Gasteiger partial charge in [-0.05, 0) is 32.3 Å². The van der Waals surface area contributed by atoms with Crippen molar-refractivity contribution >= 4 is 22.4 Å². The lowest BCUT2D eigenvalue weighted by molar-refractivity contribution is -0.121. The van der Waals surface area contributed by atoms with Gasteiger partial charge in [-0.3, -0.25) is 4.79 Å². The van der Waals surface area contributed by atoms with E-state index in [1.54, 1.807) is 0 Å². The number of aromatic nitrogens is 1. The van der Waals surface area contributed by atoms with Gasteiger partial charge in [0.15, 0.2) is 5.13 Å². The van der Waals surface area contributed by atoms with Gasteiger partial charge in [-0.1, -0.05) is 36.6 Å². The minimum absolute atomic E-state index is 0.105. The van der Waals surface area contributed by atoms with Crippen LogP contribution in [0.4, 0.5) is 5.13 Å². The Bertz CT molecular complexity index is 702. The maximum Gasteiger partial charge on any atom is 0.246 e. The zero-order valence-electron chi connectivity index (χ0n) is 13.0. The van der Waals surface area contributed by atoms with E-state index in [0.29, 0.717) is 5.13 Å². The topological polar surface area (TPSA) is 68.0 Å². The van der Waals surface area contributed by atoms with Crippen molar-refractivity contribution in [3.8, 4) is 11.3 Å². The molecule has 1 aliphatic carbocycles. The van der Waals surface area contributed by atoms with Crippen LogP contribution in [0.3, 0.4) is 0 Å². The maximum atomic E-state index is 12.3. The van der Waals surface area contributed by atoms with Crippen LogP contribution in [0.5, 0.6) is 0 Å². The van der Waals surface area contributed by atoms with Crippen molar-refractivity contribution in [3.05, 3.63) is 34.7 Å². The zero-order valence-corrected chi connectivity index (χ0v) is 13.8. The van der Waals surface area contributed by atoms with Crippen LogP contribution in [-0.2, 0) is 4.79 Å². The first-order valence-electron chi connectivity index (χ1n) is 7.61. The van der Waals surface area contributed by atoms with E-state index in [1.807, 2.05) is 5.38 Å². The van der Waals surface area contributed by atoms with Crippen LogP contribution in [0.25, 0.3) is 11.3 Å². The number of hydrogen-bond donors (Lipinski definition) is 2. The summed E-state index contributed by atoms with van der Waals surface area (Å²) in [6.45, 7) is 4.15. The molecule has 116 valence electrons. The molecule has 0 spiro atoms. The van der Waals surface area contributed by atoms with E-state index in [0.717, 1.165) is 36.9 Å². The van der Waals surface area contributed by atoms with Crippen LogP contribution in [0.2, 0.25) is 0 Å². The fourth-order valence-electron chi connectivity index (χ4n) is 3.01. The molecule has 3 N–H and O–H groups in total. The number of amides is 1. The first-order valence-corrected chi connectivity index (χ1v) is 8.49. The number of hydrogen-bond acceptors (Lipinski definition) is 4. The number of carbonyl (C=O) groups is 1. The summed E-state index contributed by atoms with van der Waals surface area (Å²) in [5, 5.41) is 5.49. The van der Waals surface area contributed by atoms with E-state index >= 15 is 0 Å². The Hall–Kier alpha value is -1.72. The third-order valence-electron chi connectivity index (χ3n) is 4.33. The average molecular weight is 315 g/mol. The molecule has 1 amide bonds. The van der Waals surface area contributed by atoms with Gasteiger partial charge in [0.25, 0.3) is 0 Å². The van der Waals surface area contributed by atoms with Crippen LogP contribution >= 0.6 is 11.3 Å². The summed E-state index contributed by atoms with van der Waals surface area (Å²) in [7, 11) is 0. The molecule has 1 aromatic heterocycles. The summed E-state index contributed by atoms with van der Waals surface area (Å²) < 4.78 is 0. The van der Waals surface area contributed by atoms with E-state index in [9.17, 15) is 4.79 Å². The summed E-state index contributed by atoms with van der Waals surface area (Å²) in [4.78, 5) is 16.9. The lowest BCUT2D eigenvalue weighted by Crippen LogP contribution is -2.48. The molecule has 3 rings (SSSR count). The van der Waals surface area contributed by atoms with Gasteiger partial charge in [0.2, 0.25) is 5.91 Å². The summed E-state index contributed by atoms with van der Waals surface area (Å²) in [5.74, 6) is -0.105. The lowest BCUT2D eigenvalue weighted by atomic mass is 9.98. The number of benzene rings is 1. The molecule has 22 heavy (non-hydrogen) atoms. The first kappa shape index (κ1) is 15.2. The maximum absolute atomic E-state index is 12.3. The Morgan fingerprint density at radius 3 is 2.73 bits per heavy atom. The number of nitrogens with two attached hydrogens (primary N) is 1. The van der Waals surface area contributed by atoms with E-state index in [1.165, 1.54) is 22.5 Å². The molecule has 0 unspecified atom stereocenters. The first-order chi connectivity index (χ1) is 10.5. The van der Waals surface area contributed by atoms with Crippen LogP contribution in [0.1, 0.15) is 36.8 Å². The second-order valence-electron chi connectivity index (χ2n) is 6.17. The third-order valence-corrected chi connectivity index (χ3v) is 5.09. The highest BCUT2D eigenvalue weighted by atomic mass is 32.1. The van der Waals surface area contributed by atoms with E-state index in [2.05, 4.69) is 42.3 Å². The average Bonchev–Trinajstić information content (AvgIpc) is 3.09. The van der Waals surface area contributed by atoms with Crippen molar-refractivity contribution in [2.75, 3.05) is 5.32 Å². The smallest absolute Gasteiger partial charge is 0.246 e. The number of nitrogens with zero attached hydrogens (tertiary/aromatic N) is 1. The van der Waals surface area contributed by atoms with Crippen molar-refractivity contribution < 1.29 is 4.79 Å². The molecule has 0 atom stereocenters. The van der Waals surface area contributed by atoms with Gasteiger partial charge in [0.05, 0.1) is 11.2 Å². The standard InChI is InChI=1S/C17H21N3OS/c1-11-5-6-13(12(2)9-11)14-10-22-16(19-14)20-15(21)17(18)7-3-4-8-17/h5-6,9-10H,3-4,7-8,18H2,1-2H3,(H,19,20,21). The quantitative estimate of drug-likeness (QED) is 0.908. The van der Waals surface area contributed by atoms with Crippen LogP contribution in [0.15, 0.2) is 23.6 Å². The Balaban J connectivity index is 1.78. The fourth-order valence-corrected chi connectivity index (χ4v) is 3.72. The van der Waals surface area contributed by atoms with Crippen LogP contribution < -0.4 is 11.1 Å². The molecule has 1 saturated carbocycles. The summed E-state index contributed by atoms with van der Waals surface area (Å²) in [6, 6.07) is 6.29. The molecule has 1 fully saturated rings. The highest BCUT2D eigenvalue weighted by Crippen LogP contribution is 2.31. The van der Waals surface area contributed by atoms with Gasteiger partial charge in [0, 0.05) is 10.9 Å². The van der Waals surface area contributed by atoms with E-state index in [-0.39, 0.29) is 5.91 Å². The second kappa shape index (κ2) is 5.82. The SMILES string of the molecule is Cc1ccc(-c2csc(NC(=O)C3(N)CCCC3)n2)c(C)c1. The summed E-state index contributed by atoms with van der Waals surface area (Å²) in [6.07, 6.45) is 3.56. The molecule has 2 aromatic rings. The Morgan fingerprint density at radius 2 is 2.05 bits per heavy atom. The number of carbonyl (C=O) groups excluding carboxylic acids is 1. The van der Waals surface area contributed by atoms with E-state index in [4.69, 9.17) is 5.73 Å². The van der Waals surface area contributed by atoms with Crippen molar-refractivity contribution in [1.29, 1.82) is 0 Å². The molecular weight excluding hydrogens is 294 g/mol. The molecule has 5 heteroatoms. The van der Waals surface area contributed by atoms with Gasteiger partial charge in [0.1, 0.15) is 0 Å². The predicted octanol–water partition coefficient (Wildman–Crippen LogP) is 3.64. The molecular formula is C17H21N3OS. The monoisotopic (exact) mass is 315 g/mol. The Morgan fingerprint density at radius 1 is 1.32 bits per heavy atom. The predicted molar refractivity (Wildman–Crippen MR) is 91.0 cm³/mol. The van der Waals surface area contributed by atoms with Gasteiger partial charge in [-0.2, -0.15) is 0 Å². The number of nitrogens with one attached hydrogen (secondary N) is 1. The summed E-state index contributed by atoms with van der Waals surface area (Å²) in [5.41, 5.74) is 9.88. The molecule has 1 heterocycles. The van der Waals surface area contributed by atoms with Crippen molar-refractivity contribution in [3.63, 3.8) is 0 Å². The molecule has 1 aliphatic rings. The number of anilines is 1. The van der Waals surface area contributed by atoms with Gasteiger partial charge < -0.3 is 11.1 Å². The summed E-state index contributed by atoms with van der Waals surface area (Å²) >= 11 is 1.44. The van der Waals surface area contributed by atoms with Crippen molar-refractivity contribution in [2.45, 2.75) is 45.1 Å². The molecule has 0 radical (unpaired) electrons. The Labute approximate surface area is 134 Å². The van der Waals surface area contributed by atoms with Gasteiger partial charge >= 0.3 is 0 Å². The largest absolute Gasteiger partial charge is 0.317 e. The van der Waals surface area contributed by atoms with Crippen molar-refractivity contribution in [2.24, 2.45) is 5.73 Å².